The molecule has 0 amide bonds. The summed E-state index contributed by atoms with van der Waals surface area (Å²) in [5.74, 6) is 3.90. The van der Waals surface area contributed by atoms with Crippen molar-refractivity contribution in [1.82, 2.24) is 9.80 Å². The fourth-order valence-corrected chi connectivity index (χ4v) is 4.78. The first kappa shape index (κ1) is 13.8. The average molecular weight is 266 g/mol. The SMILES string of the molecule is COCC1CC2CC(CN3CCN(C)CC3)CC2C1. The maximum absolute atomic E-state index is 5.34. The number of likely N-dealkylation sites (N-methyl/N-ethyl adjacent to an activating group) is 1. The molecular weight excluding hydrogens is 236 g/mol. The third-order valence-corrected chi connectivity index (χ3v) is 5.73. The van der Waals surface area contributed by atoms with Gasteiger partial charge in [0.2, 0.25) is 0 Å². The van der Waals surface area contributed by atoms with Crippen LogP contribution in [0.25, 0.3) is 0 Å². The number of ether oxygens (including phenoxy) is 1. The van der Waals surface area contributed by atoms with Gasteiger partial charge in [0, 0.05) is 46.4 Å². The Morgan fingerprint density at radius 2 is 1.47 bits per heavy atom. The Labute approximate surface area is 118 Å². The number of methoxy groups -OCH3 is 1. The van der Waals surface area contributed by atoms with E-state index in [-0.39, 0.29) is 0 Å². The summed E-state index contributed by atoms with van der Waals surface area (Å²) in [4.78, 5) is 5.16. The highest BCUT2D eigenvalue weighted by Gasteiger charge is 2.41. The molecule has 3 rings (SSSR count). The summed E-state index contributed by atoms with van der Waals surface area (Å²) in [5, 5.41) is 0. The van der Waals surface area contributed by atoms with E-state index < -0.39 is 0 Å². The van der Waals surface area contributed by atoms with E-state index in [0.29, 0.717) is 0 Å². The smallest absolute Gasteiger partial charge is 0.0490 e. The Bertz CT molecular complexity index is 274. The minimum absolute atomic E-state index is 0.865. The molecule has 0 aromatic rings. The van der Waals surface area contributed by atoms with Crippen LogP contribution in [0.15, 0.2) is 0 Å². The zero-order valence-corrected chi connectivity index (χ0v) is 12.7. The minimum Gasteiger partial charge on any atom is -0.384 e. The first-order chi connectivity index (χ1) is 9.24. The Morgan fingerprint density at radius 1 is 0.895 bits per heavy atom. The van der Waals surface area contributed by atoms with Crippen LogP contribution in [-0.2, 0) is 4.74 Å². The molecule has 0 aromatic heterocycles. The van der Waals surface area contributed by atoms with Crippen LogP contribution in [0.2, 0.25) is 0 Å². The summed E-state index contributed by atoms with van der Waals surface area (Å²) < 4.78 is 5.34. The zero-order chi connectivity index (χ0) is 13.2. The van der Waals surface area contributed by atoms with Gasteiger partial charge in [-0.15, -0.1) is 0 Å². The number of hydrogen-bond donors (Lipinski definition) is 0. The number of fused-ring (bicyclic) bond motifs is 1. The Balaban J connectivity index is 1.42. The minimum atomic E-state index is 0.865. The summed E-state index contributed by atoms with van der Waals surface area (Å²) in [5.41, 5.74) is 0. The molecule has 2 atom stereocenters. The number of nitrogens with zero attached hydrogens (tertiary/aromatic N) is 2. The lowest BCUT2D eigenvalue weighted by Crippen LogP contribution is -2.45. The van der Waals surface area contributed by atoms with Gasteiger partial charge in [0.05, 0.1) is 0 Å². The lowest BCUT2D eigenvalue weighted by atomic mass is 9.98. The van der Waals surface area contributed by atoms with Gasteiger partial charge < -0.3 is 14.5 Å². The normalized spacial score (nSPS) is 40.7. The molecule has 0 spiro atoms. The molecule has 0 aromatic carbocycles. The summed E-state index contributed by atoms with van der Waals surface area (Å²) in [6.45, 7) is 7.46. The van der Waals surface area contributed by atoms with Gasteiger partial charge in [-0.2, -0.15) is 0 Å². The molecular formula is C16H30N2O. The predicted molar refractivity (Wildman–Crippen MR) is 78.2 cm³/mol. The third-order valence-electron chi connectivity index (χ3n) is 5.73. The van der Waals surface area contributed by atoms with E-state index >= 15 is 0 Å². The summed E-state index contributed by atoms with van der Waals surface area (Å²) in [6, 6.07) is 0. The maximum Gasteiger partial charge on any atom is 0.0490 e. The molecule has 3 aliphatic rings. The van der Waals surface area contributed by atoms with E-state index in [9.17, 15) is 0 Å². The topological polar surface area (TPSA) is 15.7 Å². The molecule has 19 heavy (non-hydrogen) atoms. The maximum atomic E-state index is 5.34. The predicted octanol–water partition coefficient (Wildman–Crippen LogP) is 1.93. The van der Waals surface area contributed by atoms with Crippen LogP contribution in [-0.4, -0.2) is 63.3 Å². The van der Waals surface area contributed by atoms with Gasteiger partial charge in [-0.25, -0.2) is 0 Å². The van der Waals surface area contributed by atoms with Crippen LogP contribution < -0.4 is 0 Å². The quantitative estimate of drug-likeness (QED) is 0.773. The Kier molecular flexibility index (Phi) is 4.45. The van der Waals surface area contributed by atoms with Gasteiger partial charge in [-0.1, -0.05) is 0 Å². The molecule has 1 heterocycles. The molecule has 3 heteroatoms. The summed E-state index contributed by atoms with van der Waals surface area (Å²) >= 11 is 0. The van der Waals surface area contributed by atoms with Crippen LogP contribution in [0.4, 0.5) is 0 Å². The van der Waals surface area contributed by atoms with Gasteiger partial charge in [0.25, 0.3) is 0 Å². The van der Waals surface area contributed by atoms with Crippen LogP contribution in [0.5, 0.6) is 0 Å². The second-order valence-corrected chi connectivity index (χ2v) is 7.25. The van der Waals surface area contributed by atoms with E-state index in [4.69, 9.17) is 4.74 Å². The fourth-order valence-electron chi connectivity index (χ4n) is 4.78. The van der Waals surface area contributed by atoms with Crippen molar-refractivity contribution in [3.8, 4) is 0 Å². The molecule has 0 N–H and O–H groups in total. The lowest BCUT2D eigenvalue weighted by molar-refractivity contribution is 0.129. The Hall–Kier alpha value is -0.120. The highest BCUT2D eigenvalue weighted by atomic mass is 16.5. The monoisotopic (exact) mass is 266 g/mol. The number of rotatable bonds is 4. The van der Waals surface area contributed by atoms with Crippen molar-refractivity contribution < 1.29 is 4.74 Å². The fraction of sp³-hybridized carbons (Fsp3) is 1.00. The lowest BCUT2D eigenvalue weighted by Gasteiger charge is -2.34. The van der Waals surface area contributed by atoms with Crippen molar-refractivity contribution in [2.24, 2.45) is 23.7 Å². The summed E-state index contributed by atoms with van der Waals surface area (Å²) in [6.07, 6.45) is 5.88. The van der Waals surface area contributed by atoms with Crippen molar-refractivity contribution in [2.45, 2.75) is 25.7 Å². The molecule has 1 saturated heterocycles. The zero-order valence-electron chi connectivity index (χ0n) is 12.7. The molecule has 2 aliphatic carbocycles. The van der Waals surface area contributed by atoms with Crippen LogP contribution in [0, 0.1) is 23.7 Å². The summed E-state index contributed by atoms with van der Waals surface area (Å²) in [7, 11) is 4.09. The van der Waals surface area contributed by atoms with Gasteiger partial charge in [-0.3, -0.25) is 0 Å². The number of piperazine rings is 1. The van der Waals surface area contributed by atoms with Gasteiger partial charge >= 0.3 is 0 Å². The highest BCUT2D eigenvalue weighted by Crippen LogP contribution is 2.49. The van der Waals surface area contributed by atoms with Crippen molar-refractivity contribution in [3.63, 3.8) is 0 Å². The standard InChI is InChI=1S/C16H30N2O/c1-17-3-5-18(6-4-17)11-13-7-15-9-14(12-19-2)10-16(15)8-13/h13-16H,3-12H2,1-2H3. The first-order valence-electron chi connectivity index (χ1n) is 8.14. The third kappa shape index (κ3) is 3.32. The van der Waals surface area contributed by atoms with Gasteiger partial charge in [0.1, 0.15) is 0 Å². The second kappa shape index (κ2) is 6.11. The van der Waals surface area contributed by atoms with E-state index in [1.54, 1.807) is 0 Å². The molecule has 3 fully saturated rings. The van der Waals surface area contributed by atoms with Gasteiger partial charge in [-0.05, 0) is 56.4 Å². The van der Waals surface area contributed by atoms with Crippen molar-refractivity contribution >= 4 is 0 Å². The first-order valence-corrected chi connectivity index (χ1v) is 8.14. The highest BCUT2D eigenvalue weighted by molar-refractivity contribution is 4.92. The number of hydrogen-bond acceptors (Lipinski definition) is 3. The van der Waals surface area contributed by atoms with Crippen LogP contribution in [0.1, 0.15) is 25.7 Å². The van der Waals surface area contributed by atoms with Crippen molar-refractivity contribution in [1.29, 1.82) is 0 Å². The molecule has 110 valence electrons. The molecule has 3 nitrogen and oxygen atoms in total. The molecule has 2 unspecified atom stereocenters. The van der Waals surface area contributed by atoms with Crippen molar-refractivity contribution in [3.05, 3.63) is 0 Å². The van der Waals surface area contributed by atoms with Crippen LogP contribution >= 0.6 is 0 Å². The van der Waals surface area contributed by atoms with Crippen LogP contribution in [0.3, 0.4) is 0 Å². The second-order valence-electron chi connectivity index (χ2n) is 7.25. The molecule has 0 bridgehead atoms. The van der Waals surface area contributed by atoms with E-state index in [0.717, 1.165) is 30.3 Å². The van der Waals surface area contributed by atoms with E-state index in [1.807, 2.05) is 7.11 Å². The molecule has 0 radical (unpaired) electrons. The average Bonchev–Trinajstić information content (AvgIpc) is 2.90. The van der Waals surface area contributed by atoms with Gasteiger partial charge in [0.15, 0.2) is 0 Å². The van der Waals surface area contributed by atoms with Crippen molar-refractivity contribution in [2.75, 3.05) is 53.5 Å². The largest absolute Gasteiger partial charge is 0.384 e. The van der Waals surface area contributed by atoms with E-state index in [1.165, 1.54) is 58.4 Å². The van der Waals surface area contributed by atoms with E-state index in [2.05, 4.69) is 16.8 Å². The molecule has 1 aliphatic heterocycles. The Morgan fingerprint density at radius 3 is 2.05 bits per heavy atom. The molecule has 2 saturated carbocycles.